The van der Waals surface area contributed by atoms with E-state index in [2.05, 4.69) is 180 Å². The highest BCUT2D eigenvalue weighted by molar-refractivity contribution is 7.26. The van der Waals surface area contributed by atoms with Gasteiger partial charge in [-0.05, 0) is 68.2 Å². The highest BCUT2D eigenvalue weighted by Gasteiger charge is 2.29. The highest BCUT2D eigenvalue weighted by Crippen LogP contribution is 2.53. The molecule has 56 heavy (non-hydrogen) atoms. The lowest BCUT2D eigenvalue weighted by Gasteiger charge is -2.18. The number of fused-ring (bicyclic) bond motifs is 9. The molecule has 0 aliphatic heterocycles. The first-order valence-corrected chi connectivity index (χ1v) is 19.9. The van der Waals surface area contributed by atoms with Gasteiger partial charge in [0.1, 0.15) is 5.69 Å². The molecule has 4 heteroatoms. The molecule has 1 aliphatic rings. The van der Waals surface area contributed by atoms with E-state index >= 15 is 0 Å². The quantitative estimate of drug-likeness (QED) is 0.170. The molecule has 0 saturated heterocycles. The highest BCUT2D eigenvalue weighted by atomic mass is 32.1. The molecular formula is C52H29N3S. The summed E-state index contributed by atoms with van der Waals surface area (Å²) in [5.74, 6) is 0.836. The van der Waals surface area contributed by atoms with Gasteiger partial charge in [0.05, 0.1) is 22.1 Å². The maximum Gasteiger partial charge on any atom is 0.165 e. The summed E-state index contributed by atoms with van der Waals surface area (Å²) < 4.78 is 4.91. The van der Waals surface area contributed by atoms with Crippen LogP contribution in [-0.4, -0.2) is 14.5 Å². The maximum absolute atomic E-state index is 5.76. The number of rotatable bonds is 3. The van der Waals surface area contributed by atoms with Crippen LogP contribution < -0.4 is 0 Å². The number of thiophene rings is 1. The Labute approximate surface area is 325 Å². The summed E-state index contributed by atoms with van der Waals surface area (Å²) in [6, 6.07) is 64.0. The molecule has 0 N–H and O–H groups in total. The molecule has 9 aromatic carbocycles. The van der Waals surface area contributed by atoms with Crippen molar-refractivity contribution in [1.82, 2.24) is 14.5 Å². The molecule has 3 nitrogen and oxygen atoms in total. The average molecular weight is 728 g/mol. The van der Waals surface area contributed by atoms with E-state index in [4.69, 9.17) is 9.97 Å². The fraction of sp³-hybridized carbons (Fsp3) is 0. The van der Waals surface area contributed by atoms with Gasteiger partial charge < -0.3 is 0 Å². The Hall–Kier alpha value is -7.14. The van der Waals surface area contributed by atoms with Gasteiger partial charge in [0.2, 0.25) is 0 Å². The predicted octanol–water partition coefficient (Wildman–Crippen LogP) is 14.4. The number of hydrogen-bond donors (Lipinski definition) is 0. The minimum Gasteiger partial charge on any atom is -0.292 e. The van der Waals surface area contributed by atoms with Gasteiger partial charge in [-0.1, -0.05) is 152 Å². The summed E-state index contributed by atoms with van der Waals surface area (Å²) in [6.45, 7) is 0. The first-order chi connectivity index (χ1) is 27.8. The van der Waals surface area contributed by atoms with E-state index in [-0.39, 0.29) is 0 Å². The second-order valence-corrected chi connectivity index (χ2v) is 15.9. The van der Waals surface area contributed by atoms with Gasteiger partial charge in [-0.3, -0.25) is 4.57 Å². The van der Waals surface area contributed by atoms with Gasteiger partial charge in [0, 0.05) is 47.5 Å². The van der Waals surface area contributed by atoms with Crippen molar-refractivity contribution in [2.24, 2.45) is 0 Å². The van der Waals surface area contributed by atoms with Crippen LogP contribution in [0.15, 0.2) is 176 Å². The van der Waals surface area contributed by atoms with Crippen LogP contribution in [0, 0.1) is 0 Å². The molecule has 3 aromatic heterocycles. The van der Waals surface area contributed by atoms with Crippen molar-refractivity contribution in [3.8, 4) is 50.5 Å². The van der Waals surface area contributed by atoms with Crippen LogP contribution in [0.25, 0.3) is 125 Å². The molecule has 12 aromatic rings. The van der Waals surface area contributed by atoms with Crippen LogP contribution in [0.5, 0.6) is 0 Å². The molecular weight excluding hydrogens is 699 g/mol. The van der Waals surface area contributed by atoms with E-state index in [0.29, 0.717) is 0 Å². The Morgan fingerprint density at radius 2 is 1.09 bits per heavy atom. The predicted molar refractivity (Wildman–Crippen MR) is 237 cm³/mol. The minimum absolute atomic E-state index is 0.836. The van der Waals surface area contributed by atoms with E-state index in [9.17, 15) is 0 Å². The SMILES string of the molecule is c1ccc(-c2ccc3c4c2-c2ccccc2-c2cccc5ccc(c4c25)n3-c2nc3c(ccc4ccccc43)nc2-c2cccc3c2sc2ccccc23)cc1. The summed E-state index contributed by atoms with van der Waals surface area (Å²) in [5.41, 5.74) is 13.4. The zero-order chi connectivity index (χ0) is 36.5. The molecule has 0 unspecified atom stereocenters. The number of benzene rings is 9. The Balaban J connectivity index is 1.26. The van der Waals surface area contributed by atoms with Crippen molar-refractivity contribution in [1.29, 1.82) is 0 Å². The third kappa shape index (κ3) is 4.01. The van der Waals surface area contributed by atoms with Gasteiger partial charge in [-0.25, -0.2) is 9.97 Å². The van der Waals surface area contributed by atoms with Crippen molar-refractivity contribution in [3.63, 3.8) is 0 Å². The Morgan fingerprint density at radius 3 is 2.02 bits per heavy atom. The fourth-order valence-corrected chi connectivity index (χ4v) is 10.8. The second kappa shape index (κ2) is 11.2. The van der Waals surface area contributed by atoms with Gasteiger partial charge >= 0.3 is 0 Å². The summed E-state index contributed by atoms with van der Waals surface area (Å²) >= 11 is 1.83. The van der Waals surface area contributed by atoms with Crippen LogP contribution >= 0.6 is 11.3 Å². The van der Waals surface area contributed by atoms with Crippen molar-refractivity contribution < 1.29 is 0 Å². The molecule has 0 fully saturated rings. The smallest absolute Gasteiger partial charge is 0.165 e. The Bertz CT molecular complexity index is 3650. The lowest BCUT2D eigenvalue weighted by atomic mass is 9.88. The van der Waals surface area contributed by atoms with E-state index in [0.717, 1.165) is 49.9 Å². The molecule has 0 saturated carbocycles. The second-order valence-electron chi connectivity index (χ2n) is 14.8. The topological polar surface area (TPSA) is 30.7 Å². The third-order valence-electron chi connectivity index (χ3n) is 11.9. The van der Waals surface area contributed by atoms with E-state index < -0.39 is 0 Å². The number of nitrogens with zero attached hydrogens (tertiary/aromatic N) is 3. The van der Waals surface area contributed by atoms with E-state index in [1.165, 1.54) is 75.1 Å². The zero-order valence-electron chi connectivity index (χ0n) is 30.0. The van der Waals surface area contributed by atoms with Gasteiger partial charge in [0.25, 0.3) is 0 Å². The van der Waals surface area contributed by atoms with Crippen LogP contribution in [0.2, 0.25) is 0 Å². The summed E-state index contributed by atoms with van der Waals surface area (Å²) in [6.07, 6.45) is 0. The third-order valence-corrected chi connectivity index (χ3v) is 13.1. The normalized spacial score (nSPS) is 12.3. The molecule has 0 amide bonds. The van der Waals surface area contributed by atoms with Crippen LogP contribution in [0.3, 0.4) is 0 Å². The van der Waals surface area contributed by atoms with Gasteiger partial charge in [-0.2, -0.15) is 0 Å². The minimum atomic E-state index is 0.836. The summed E-state index contributed by atoms with van der Waals surface area (Å²) in [5, 5.41) is 9.76. The fourth-order valence-electron chi connectivity index (χ4n) is 9.55. The van der Waals surface area contributed by atoms with Gasteiger partial charge in [-0.15, -0.1) is 11.3 Å². The monoisotopic (exact) mass is 727 g/mol. The van der Waals surface area contributed by atoms with Gasteiger partial charge in [0.15, 0.2) is 5.82 Å². The summed E-state index contributed by atoms with van der Waals surface area (Å²) in [7, 11) is 0. The lowest BCUT2D eigenvalue weighted by molar-refractivity contribution is 1.08. The first kappa shape index (κ1) is 30.2. The summed E-state index contributed by atoms with van der Waals surface area (Å²) in [4.78, 5) is 11.4. The standard InChI is InChI=1S/C52H29N3S/c1-2-12-30(13-3-1)33-26-29-43-48-46(33)38-19-7-6-17-35(38)37-20-10-15-32-25-28-42(47(48)45(32)37)55(43)52-50(53-41-27-24-31-14-4-5-16-34(31)49(41)54-52)40-22-11-21-39-36-18-8-9-23-44(36)56-51(39)40/h1-29H. The molecule has 13 rings (SSSR count). The zero-order valence-corrected chi connectivity index (χ0v) is 30.8. The lowest BCUT2D eigenvalue weighted by Crippen LogP contribution is -2.04. The number of hydrogen-bond acceptors (Lipinski definition) is 3. The Kier molecular flexibility index (Phi) is 6.04. The van der Waals surface area contributed by atoms with Crippen LogP contribution in [0.1, 0.15) is 0 Å². The molecule has 0 spiro atoms. The van der Waals surface area contributed by atoms with Crippen LogP contribution in [-0.2, 0) is 0 Å². The van der Waals surface area contributed by atoms with E-state index in [1.54, 1.807) is 0 Å². The molecule has 1 aliphatic carbocycles. The molecule has 3 heterocycles. The largest absolute Gasteiger partial charge is 0.292 e. The average Bonchev–Trinajstić information content (AvgIpc) is 3.78. The van der Waals surface area contributed by atoms with Crippen molar-refractivity contribution in [3.05, 3.63) is 176 Å². The van der Waals surface area contributed by atoms with Crippen molar-refractivity contribution in [2.75, 3.05) is 0 Å². The molecule has 0 atom stereocenters. The van der Waals surface area contributed by atoms with Crippen molar-refractivity contribution in [2.45, 2.75) is 0 Å². The molecule has 0 radical (unpaired) electrons. The Morgan fingerprint density at radius 1 is 0.411 bits per heavy atom. The van der Waals surface area contributed by atoms with Crippen molar-refractivity contribution >= 4 is 85.9 Å². The molecule has 258 valence electrons. The molecule has 0 bridgehead atoms. The number of aromatic nitrogens is 3. The first-order valence-electron chi connectivity index (χ1n) is 19.1. The maximum atomic E-state index is 5.76. The van der Waals surface area contributed by atoms with E-state index in [1.807, 2.05) is 11.3 Å². The van der Waals surface area contributed by atoms with Crippen LogP contribution in [0.4, 0.5) is 0 Å².